The maximum atomic E-state index is 11.9. The minimum Gasteiger partial charge on any atom is -0.432 e. The minimum absolute atomic E-state index is 0.0481. The first-order chi connectivity index (χ1) is 9.83. The normalized spacial score (nSPS) is 16.8. The van der Waals surface area contributed by atoms with Crippen LogP contribution >= 0.6 is 0 Å². The molecule has 5 nitrogen and oxygen atoms in total. The van der Waals surface area contributed by atoms with E-state index in [1.165, 1.54) is 19.3 Å². The molecule has 5 heteroatoms. The first-order valence-corrected chi connectivity index (χ1v) is 7.02. The number of fused-ring (bicyclic) bond motifs is 1. The molecule has 0 bridgehead atoms. The van der Waals surface area contributed by atoms with Gasteiger partial charge in [0.1, 0.15) is 5.52 Å². The molecule has 1 aromatic carbocycles. The van der Waals surface area contributed by atoms with Crippen LogP contribution in [0.25, 0.3) is 11.1 Å². The number of hydrazone groups is 1. The second-order valence-corrected chi connectivity index (χ2v) is 5.10. The number of nitrogens with one attached hydrogen (secondary N) is 1. The van der Waals surface area contributed by atoms with Crippen LogP contribution in [0.3, 0.4) is 0 Å². The lowest BCUT2D eigenvalue weighted by Crippen LogP contribution is -2.19. The molecule has 1 fully saturated rings. The monoisotopic (exact) mass is 271 g/mol. The predicted octanol–water partition coefficient (Wildman–Crippen LogP) is 3.12. The van der Waals surface area contributed by atoms with Crippen LogP contribution in [-0.2, 0) is 0 Å². The fourth-order valence-electron chi connectivity index (χ4n) is 2.50. The molecule has 0 atom stereocenters. The van der Waals surface area contributed by atoms with Crippen molar-refractivity contribution in [3.63, 3.8) is 0 Å². The maximum absolute atomic E-state index is 11.9. The number of hydrogen-bond acceptors (Lipinski definition) is 4. The minimum atomic E-state index is -0.409. The molecular formula is C15H17N3O2. The zero-order chi connectivity index (χ0) is 13.8. The number of nitrogens with zero attached hydrogens (tertiary/aromatic N) is 2. The number of benzene rings is 1. The quantitative estimate of drug-likeness (QED) is 0.689. The Morgan fingerprint density at radius 1 is 1.30 bits per heavy atom. The van der Waals surface area contributed by atoms with Crippen LogP contribution in [0.2, 0.25) is 0 Å². The molecular weight excluding hydrogens is 254 g/mol. The highest BCUT2D eigenvalue weighted by molar-refractivity contribution is 5.92. The van der Waals surface area contributed by atoms with E-state index in [1.54, 1.807) is 12.1 Å². The molecule has 1 saturated carbocycles. The molecule has 1 aliphatic rings. The zero-order valence-electron chi connectivity index (χ0n) is 11.2. The lowest BCUT2D eigenvalue weighted by molar-refractivity contribution is 0.0922. The highest BCUT2D eigenvalue weighted by Gasteiger charge is 2.14. The molecule has 0 radical (unpaired) electrons. The summed E-state index contributed by atoms with van der Waals surface area (Å²) in [7, 11) is 0. The van der Waals surface area contributed by atoms with Gasteiger partial charge in [-0.25, -0.2) is 10.4 Å². The highest BCUT2D eigenvalue weighted by Crippen LogP contribution is 2.21. The molecule has 0 spiro atoms. The number of carbonyl (C=O) groups excluding carboxylic acids is 1. The Bertz CT molecular complexity index is 594. The Morgan fingerprint density at radius 2 is 2.10 bits per heavy atom. The first-order valence-electron chi connectivity index (χ1n) is 7.02. The zero-order valence-corrected chi connectivity index (χ0v) is 11.2. The lowest BCUT2D eigenvalue weighted by Gasteiger charge is -2.16. The number of para-hydroxylation sites is 2. The molecule has 1 aliphatic carbocycles. The third kappa shape index (κ3) is 2.87. The molecule has 3 rings (SSSR count). The van der Waals surface area contributed by atoms with E-state index < -0.39 is 5.91 Å². The van der Waals surface area contributed by atoms with Gasteiger partial charge >= 0.3 is 5.91 Å². The van der Waals surface area contributed by atoms with Crippen molar-refractivity contribution in [3.8, 4) is 0 Å². The van der Waals surface area contributed by atoms with Crippen LogP contribution in [0, 0.1) is 5.92 Å². The summed E-state index contributed by atoms with van der Waals surface area (Å²) >= 11 is 0. The summed E-state index contributed by atoms with van der Waals surface area (Å²) in [4.78, 5) is 16.0. The lowest BCUT2D eigenvalue weighted by atomic mass is 9.90. The smallest absolute Gasteiger partial charge is 0.327 e. The van der Waals surface area contributed by atoms with E-state index in [2.05, 4.69) is 15.5 Å². The summed E-state index contributed by atoms with van der Waals surface area (Å²) in [6.07, 6.45) is 7.94. The largest absolute Gasteiger partial charge is 0.432 e. The van der Waals surface area contributed by atoms with Gasteiger partial charge in [-0.3, -0.25) is 4.79 Å². The molecule has 1 aromatic heterocycles. The second kappa shape index (κ2) is 5.86. The Hall–Kier alpha value is -2.17. The molecule has 1 heterocycles. The topological polar surface area (TPSA) is 67.5 Å². The van der Waals surface area contributed by atoms with Gasteiger partial charge in [0.05, 0.1) is 0 Å². The fourth-order valence-corrected chi connectivity index (χ4v) is 2.50. The Labute approximate surface area is 117 Å². The third-order valence-corrected chi connectivity index (χ3v) is 3.59. The fraction of sp³-hybridized carbons (Fsp3) is 0.400. The number of aromatic nitrogens is 1. The van der Waals surface area contributed by atoms with Gasteiger partial charge in [0, 0.05) is 6.21 Å². The summed E-state index contributed by atoms with van der Waals surface area (Å²) in [5.74, 6) is 0.118. The average Bonchev–Trinajstić information content (AvgIpc) is 2.92. The van der Waals surface area contributed by atoms with Gasteiger partial charge in [0.25, 0.3) is 5.89 Å². The number of amides is 1. The number of hydrogen-bond donors (Lipinski definition) is 1. The standard InChI is InChI=1S/C15H17N3O2/c19-14(18-16-10-11-6-2-1-3-7-11)15-17-12-8-4-5-9-13(12)20-15/h4-5,8-11H,1-3,6-7H2,(H,18,19)/b16-10+. The predicted molar refractivity (Wildman–Crippen MR) is 76.5 cm³/mol. The van der Waals surface area contributed by atoms with E-state index in [-0.39, 0.29) is 5.89 Å². The molecule has 20 heavy (non-hydrogen) atoms. The maximum Gasteiger partial charge on any atom is 0.327 e. The van der Waals surface area contributed by atoms with E-state index in [0.717, 1.165) is 12.8 Å². The summed E-state index contributed by atoms with van der Waals surface area (Å²) in [5, 5.41) is 4.02. The van der Waals surface area contributed by atoms with E-state index in [0.29, 0.717) is 17.0 Å². The number of rotatable bonds is 3. The van der Waals surface area contributed by atoms with Crippen LogP contribution in [0.5, 0.6) is 0 Å². The van der Waals surface area contributed by atoms with E-state index >= 15 is 0 Å². The van der Waals surface area contributed by atoms with Crippen molar-refractivity contribution in [1.82, 2.24) is 10.4 Å². The number of oxazole rings is 1. The molecule has 2 aromatic rings. The average molecular weight is 271 g/mol. The van der Waals surface area contributed by atoms with Crippen LogP contribution < -0.4 is 5.43 Å². The van der Waals surface area contributed by atoms with Crippen molar-refractivity contribution in [2.45, 2.75) is 32.1 Å². The molecule has 0 aliphatic heterocycles. The van der Waals surface area contributed by atoms with Crippen LogP contribution in [0.1, 0.15) is 42.8 Å². The van der Waals surface area contributed by atoms with Gasteiger partial charge in [0.15, 0.2) is 5.58 Å². The first kappa shape index (κ1) is 12.8. The molecule has 0 unspecified atom stereocenters. The molecule has 0 saturated heterocycles. The van der Waals surface area contributed by atoms with Gasteiger partial charge < -0.3 is 4.42 Å². The van der Waals surface area contributed by atoms with Crippen molar-refractivity contribution in [2.24, 2.45) is 11.0 Å². The molecule has 1 amide bonds. The van der Waals surface area contributed by atoms with Crippen molar-refractivity contribution < 1.29 is 9.21 Å². The summed E-state index contributed by atoms with van der Waals surface area (Å²) in [6, 6.07) is 7.29. The van der Waals surface area contributed by atoms with Crippen molar-refractivity contribution >= 4 is 23.2 Å². The SMILES string of the molecule is O=C(N/N=C/C1CCCCC1)c1nc2ccccc2o1. The van der Waals surface area contributed by atoms with E-state index in [4.69, 9.17) is 4.42 Å². The Balaban J connectivity index is 1.62. The van der Waals surface area contributed by atoms with Gasteiger partial charge in [0.2, 0.25) is 0 Å². The van der Waals surface area contributed by atoms with E-state index in [1.807, 2.05) is 18.3 Å². The van der Waals surface area contributed by atoms with Gasteiger partial charge in [-0.15, -0.1) is 0 Å². The van der Waals surface area contributed by atoms with Gasteiger partial charge in [-0.2, -0.15) is 5.10 Å². The van der Waals surface area contributed by atoms with Crippen molar-refractivity contribution in [3.05, 3.63) is 30.2 Å². The van der Waals surface area contributed by atoms with Crippen LogP contribution in [0.15, 0.2) is 33.8 Å². The van der Waals surface area contributed by atoms with E-state index in [9.17, 15) is 4.79 Å². The molecule has 1 N–H and O–H groups in total. The Morgan fingerprint density at radius 3 is 2.90 bits per heavy atom. The number of carbonyl (C=O) groups is 1. The third-order valence-electron chi connectivity index (χ3n) is 3.59. The summed E-state index contributed by atoms with van der Waals surface area (Å²) in [6.45, 7) is 0. The highest BCUT2D eigenvalue weighted by atomic mass is 16.4. The van der Waals surface area contributed by atoms with Crippen LogP contribution in [0.4, 0.5) is 0 Å². The van der Waals surface area contributed by atoms with Crippen molar-refractivity contribution in [2.75, 3.05) is 0 Å². The summed E-state index contributed by atoms with van der Waals surface area (Å²) in [5.41, 5.74) is 3.76. The van der Waals surface area contributed by atoms with Gasteiger partial charge in [-0.05, 0) is 30.9 Å². The van der Waals surface area contributed by atoms with Gasteiger partial charge in [-0.1, -0.05) is 31.4 Å². The summed E-state index contributed by atoms with van der Waals surface area (Å²) < 4.78 is 5.38. The van der Waals surface area contributed by atoms with Crippen LogP contribution in [-0.4, -0.2) is 17.1 Å². The molecule has 104 valence electrons. The Kier molecular flexibility index (Phi) is 3.76. The second-order valence-electron chi connectivity index (χ2n) is 5.10. The van der Waals surface area contributed by atoms with Crippen molar-refractivity contribution in [1.29, 1.82) is 0 Å².